The van der Waals surface area contributed by atoms with Crippen molar-refractivity contribution >= 4 is 11.7 Å². The van der Waals surface area contributed by atoms with Gasteiger partial charge in [-0.1, -0.05) is 31.2 Å². The Kier molecular flexibility index (Phi) is 4.77. The van der Waals surface area contributed by atoms with Crippen LogP contribution in [-0.4, -0.2) is 13.1 Å². The Bertz CT molecular complexity index is 576. The van der Waals surface area contributed by atoms with Crippen molar-refractivity contribution in [2.24, 2.45) is 0 Å². The molecule has 104 valence electrons. The number of benzene rings is 2. The molecule has 0 bridgehead atoms. The second-order valence-corrected chi connectivity index (χ2v) is 4.60. The predicted molar refractivity (Wildman–Crippen MR) is 80.9 cm³/mol. The van der Waals surface area contributed by atoms with Gasteiger partial charge >= 0.3 is 5.97 Å². The van der Waals surface area contributed by atoms with Crippen LogP contribution in [0.3, 0.4) is 0 Å². The summed E-state index contributed by atoms with van der Waals surface area (Å²) in [5, 5.41) is 3.38. The molecule has 3 nitrogen and oxygen atoms in total. The maximum atomic E-state index is 11.3. The molecule has 0 atom stereocenters. The monoisotopic (exact) mass is 269 g/mol. The van der Waals surface area contributed by atoms with Crippen molar-refractivity contribution in [3.8, 4) is 0 Å². The van der Waals surface area contributed by atoms with Crippen molar-refractivity contribution in [3.05, 3.63) is 65.2 Å². The van der Waals surface area contributed by atoms with E-state index in [1.807, 2.05) is 12.1 Å². The van der Waals surface area contributed by atoms with Crippen molar-refractivity contribution < 1.29 is 9.53 Å². The van der Waals surface area contributed by atoms with Crippen molar-refractivity contribution in [3.63, 3.8) is 0 Å². The lowest BCUT2D eigenvalue weighted by Crippen LogP contribution is -2.03. The van der Waals surface area contributed by atoms with Crippen molar-refractivity contribution in [2.75, 3.05) is 12.4 Å². The van der Waals surface area contributed by atoms with Crippen LogP contribution in [0.25, 0.3) is 0 Å². The molecule has 0 aliphatic carbocycles. The fourth-order valence-electron chi connectivity index (χ4n) is 1.98. The van der Waals surface area contributed by atoms with E-state index in [2.05, 4.69) is 41.2 Å². The fourth-order valence-corrected chi connectivity index (χ4v) is 1.98. The lowest BCUT2D eigenvalue weighted by molar-refractivity contribution is 0.0600. The summed E-state index contributed by atoms with van der Waals surface area (Å²) in [5.74, 6) is -0.305. The molecule has 0 aliphatic heterocycles. The average molecular weight is 269 g/mol. The van der Waals surface area contributed by atoms with E-state index in [9.17, 15) is 4.79 Å². The molecule has 2 rings (SSSR count). The predicted octanol–water partition coefficient (Wildman–Crippen LogP) is 3.65. The summed E-state index contributed by atoms with van der Waals surface area (Å²) < 4.78 is 4.68. The van der Waals surface area contributed by atoms with E-state index in [0.717, 1.165) is 24.2 Å². The number of nitrogens with one attached hydrogen (secondary N) is 1. The second kappa shape index (κ2) is 6.75. The summed E-state index contributed by atoms with van der Waals surface area (Å²) in [6.45, 7) is 2.87. The van der Waals surface area contributed by atoms with Gasteiger partial charge in [-0.15, -0.1) is 0 Å². The molecule has 0 saturated heterocycles. The SMILES string of the molecule is CCc1cccc(NCc2ccc(C(=O)OC)cc2)c1. The largest absolute Gasteiger partial charge is 0.465 e. The van der Waals surface area contributed by atoms with E-state index in [4.69, 9.17) is 0 Å². The number of anilines is 1. The third-order valence-corrected chi connectivity index (χ3v) is 3.21. The first-order valence-corrected chi connectivity index (χ1v) is 6.73. The van der Waals surface area contributed by atoms with Gasteiger partial charge in [-0.3, -0.25) is 0 Å². The van der Waals surface area contributed by atoms with Crippen LogP contribution in [0.1, 0.15) is 28.4 Å². The summed E-state index contributed by atoms with van der Waals surface area (Å²) >= 11 is 0. The van der Waals surface area contributed by atoms with E-state index in [-0.39, 0.29) is 5.97 Å². The first kappa shape index (κ1) is 14.1. The Labute approximate surface area is 119 Å². The summed E-state index contributed by atoms with van der Waals surface area (Å²) in [7, 11) is 1.39. The maximum absolute atomic E-state index is 11.3. The molecule has 0 amide bonds. The van der Waals surface area contributed by atoms with Gasteiger partial charge in [0.1, 0.15) is 0 Å². The third kappa shape index (κ3) is 3.60. The van der Waals surface area contributed by atoms with E-state index < -0.39 is 0 Å². The number of carbonyl (C=O) groups is 1. The van der Waals surface area contributed by atoms with Crippen LogP contribution in [0, 0.1) is 0 Å². The molecule has 0 radical (unpaired) electrons. The zero-order chi connectivity index (χ0) is 14.4. The smallest absolute Gasteiger partial charge is 0.337 e. The van der Waals surface area contributed by atoms with Gasteiger partial charge in [-0.2, -0.15) is 0 Å². The van der Waals surface area contributed by atoms with Crippen LogP contribution in [-0.2, 0) is 17.7 Å². The number of ether oxygens (including phenoxy) is 1. The van der Waals surface area contributed by atoms with E-state index in [0.29, 0.717) is 5.56 Å². The molecule has 0 fully saturated rings. The molecule has 2 aromatic rings. The molecule has 2 aromatic carbocycles. The quantitative estimate of drug-likeness (QED) is 0.842. The van der Waals surface area contributed by atoms with Crippen molar-refractivity contribution in [2.45, 2.75) is 19.9 Å². The van der Waals surface area contributed by atoms with Crippen molar-refractivity contribution in [1.82, 2.24) is 0 Å². The topological polar surface area (TPSA) is 38.3 Å². The third-order valence-electron chi connectivity index (χ3n) is 3.21. The Balaban J connectivity index is 1.98. The number of esters is 1. The minimum Gasteiger partial charge on any atom is -0.465 e. The standard InChI is InChI=1S/C17H19NO2/c1-3-13-5-4-6-16(11-13)18-12-14-7-9-15(10-8-14)17(19)20-2/h4-11,18H,3,12H2,1-2H3. The number of aryl methyl sites for hydroxylation is 1. The Morgan fingerprint density at radius 2 is 1.85 bits per heavy atom. The fraction of sp³-hybridized carbons (Fsp3) is 0.235. The molecule has 0 aromatic heterocycles. The molecular weight excluding hydrogens is 250 g/mol. The van der Waals surface area contributed by atoms with Gasteiger partial charge in [-0.25, -0.2) is 4.79 Å². The first-order chi connectivity index (χ1) is 9.72. The molecular formula is C17H19NO2. The summed E-state index contributed by atoms with van der Waals surface area (Å²) in [4.78, 5) is 11.3. The molecule has 1 N–H and O–H groups in total. The van der Waals surface area contributed by atoms with Crippen LogP contribution < -0.4 is 5.32 Å². The summed E-state index contributed by atoms with van der Waals surface area (Å²) in [6.07, 6.45) is 1.03. The van der Waals surface area contributed by atoms with Gasteiger partial charge in [0.25, 0.3) is 0 Å². The number of hydrogen-bond donors (Lipinski definition) is 1. The Hall–Kier alpha value is -2.29. The molecule has 0 unspecified atom stereocenters. The molecule has 20 heavy (non-hydrogen) atoms. The molecule has 0 saturated carbocycles. The van der Waals surface area contributed by atoms with Gasteiger partial charge in [-0.05, 0) is 41.8 Å². The lowest BCUT2D eigenvalue weighted by Gasteiger charge is -2.08. The van der Waals surface area contributed by atoms with Gasteiger partial charge in [0.05, 0.1) is 12.7 Å². The van der Waals surface area contributed by atoms with E-state index >= 15 is 0 Å². The zero-order valence-electron chi connectivity index (χ0n) is 11.8. The maximum Gasteiger partial charge on any atom is 0.337 e. The van der Waals surface area contributed by atoms with Gasteiger partial charge in [0.15, 0.2) is 0 Å². The van der Waals surface area contributed by atoms with Crippen LogP contribution in [0.2, 0.25) is 0 Å². The highest BCUT2D eigenvalue weighted by Crippen LogP contribution is 2.13. The number of hydrogen-bond acceptors (Lipinski definition) is 3. The number of rotatable bonds is 5. The lowest BCUT2D eigenvalue weighted by atomic mass is 10.1. The first-order valence-electron chi connectivity index (χ1n) is 6.73. The minimum absolute atomic E-state index is 0.305. The van der Waals surface area contributed by atoms with Crippen LogP contribution >= 0.6 is 0 Å². The molecule has 0 spiro atoms. The van der Waals surface area contributed by atoms with E-state index in [1.54, 1.807) is 12.1 Å². The van der Waals surface area contributed by atoms with Gasteiger partial charge < -0.3 is 10.1 Å². The van der Waals surface area contributed by atoms with Crippen LogP contribution in [0.15, 0.2) is 48.5 Å². The second-order valence-electron chi connectivity index (χ2n) is 4.60. The highest BCUT2D eigenvalue weighted by Gasteiger charge is 2.04. The van der Waals surface area contributed by atoms with Crippen LogP contribution in [0.5, 0.6) is 0 Å². The number of carbonyl (C=O) groups excluding carboxylic acids is 1. The summed E-state index contributed by atoms with van der Waals surface area (Å²) in [6, 6.07) is 15.8. The highest BCUT2D eigenvalue weighted by atomic mass is 16.5. The normalized spacial score (nSPS) is 10.1. The van der Waals surface area contributed by atoms with E-state index in [1.165, 1.54) is 12.7 Å². The highest BCUT2D eigenvalue weighted by molar-refractivity contribution is 5.89. The zero-order valence-corrected chi connectivity index (χ0v) is 11.8. The minimum atomic E-state index is -0.305. The average Bonchev–Trinajstić information content (AvgIpc) is 2.53. The molecule has 3 heteroatoms. The van der Waals surface area contributed by atoms with Gasteiger partial charge in [0, 0.05) is 12.2 Å². The molecule has 0 aliphatic rings. The Morgan fingerprint density at radius 1 is 1.10 bits per heavy atom. The van der Waals surface area contributed by atoms with Crippen LogP contribution in [0.4, 0.5) is 5.69 Å². The number of methoxy groups -OCH3 is 1. The Morgan fingerprint density at radius 3 is 2.50 bits per heavy atom. The van der Waals surface area contributed by atoms with Crippen molar-refractivity contribution in [1.29, 1.82) is 0 Å². The molecule has 0 heterocycles. The summed E-state index contributed by atoms with van der Waals surface area (Å²) in [5.41, 5.74) is 4.13. The van der Waals surface area contributed by atoms with Gasteiger partial charge in [0.2, 0.25) is 0 Å².